The van der Waals surface area contributed by atoms with Crippen molar-refractivity contribution in [3.05, 3.63) is 34.4 Å². The number of rotatable bonds is 2. The van der Waals surface area contributed by atoms with Crippen molar-refractivity contribution in [1.29, 1.82) is 0 Å². The molecule has 2 saturated heterocycles. The lowest BCUT2D eigenvalue weighted by atomic mass is 9.62. The number of fused-ring (bicyclic) bond motifs is 3. The molecule has 2 fully saturated rings. The van der Waals surface area contributed by atoms with E-state index in [0.717, 1.165) is 36.8 Å². The van der Waals surface area contributed by atoms with Crippen LogP contribution in [0.5, 0.6) is 0 Å². The summed E-state index contributed by atoms with van der Waals surface area (Å²) in [5, 5.41) is 0. The summed E-state index contributed by atoms with van der Waals surface area (Å²) in [6.45, 7) is 11.5. The van der Waals surface area contributed by atoms with Crippen LogP contribution in [0.1, 0.15) is 93.3 Å². The molecule has 0 radical (unpaired) electrons. The van der Waals surface area contributed by atoms with Gasteiger partial charge in [0.2, 0.25) is 0 Å². The molecule has 1 aromatic rings. The number of benzene rings is 1. The highest BCUT2D eigenvalue weighted by Gasteiger charge is 2.41. The Labute approximate surface area is 152 Å². The van der Waals surface area contributed by atoms with Gasteiger partial charge in [0.05, 0.1) is 12.2 Å². The Kier molecular flexibility index (Phi) is 3.92. The summed E-state index contributed by atoms with van der Waals surface area (Å²) < 4.78 is 5.94. The Morgan fingerprint density at radius 3 is 2.04 bits per heavy atom. The van der Waals surface area contributed by atoms with Gasteiger partial charge in [0, 0.05) is 11.5 Å². The lowest BCUT2D eigenvalue weighted by Gasteiger charge is -2.42. The van der Waals surface area contributed by atoms with Crippen molar-refractivity contribution in [2.24, 2.45) is 5.92 Å². The van der Waals surface area contributed by atoms with E-state index in [1.165, 1.54) is 24.0 Å². The van der Waals surface area contributed by atoms with E-state index >= 15 is 0 Å². The third kappa shape index (κ3) is 2.87. The molecule has 2 heterocycles. The van der Waals surface area contributed by atoms with E-state index in [-0.39, 0.29) is 16.7 Å². The van der Waals surface area contributed by atoms with E-state index in [1.807, 2.05) is 0 Å². The quantitative estimate of drug-likeness (QED) is 0.666. The maximum Gasteiger partial charge on any atom is 0.166 e. The molecule has 0 amide bonds. The summed E-state index contributed by atoms with van der Waals surface area (Å²) >= 11 is 0. The molecule has 2 nitrogen and oxygen atoms in total. The lowest BCUT2D eigenvalue weighted by Crippen LogP contribution is -2.35. The average Bonchev–Trinajstić information content (AvgIpc) is 2.89. The molecule has 0 aromatic heterocycles. The first kappa shape index (κ1) is 17.3. The van der Waals surface area contributed by atoms with Crippen LogP contribution in [0.4, 0.5) is 0 Å². The fourth-order valence-electron chi connectivity index (χ4n) is 5.28. The average molecular weight is 341 g/mol. The molecular formula is C23H32O2. The molecule has 0 spiro atoms. The number of carbonyl (C=O) groups is 1. The normalized spacial score (nSPS) is 32.3. The van der Waals surface area contributed by atoms with E-state index in [4.69, 9.17) is 4.74 Å². The molecule has 2 bridgehead atoms. The maximum atomic E-state index is 13.3. The zero-order valence-corrected chi connectivity index (χ0v) is 16.4. The molecule has 1 aromatic carbocycles. The van der Waals surface area contributed by atoms with Crippen LogP contribution >= 0.6 is 0 Å². The minimum atomic E-state index is 0.155. The monoisotopic (exact) mass is 340 g/mol. The van der Waals surface area contributed by atoms with Gasteiger partial charge in [0.25, 0.3) is 0 Å². The van der Waals surface area contributed by atoms with E-state index in [2.05, 4.69) is 46.8 Å². The first-order valence-corrected chi connectivity index (χ1v) is 10.0. The second kappa shape index (κ2) is 5.67. The maximum absolute atomic E-state index is 13.3. The molecule has 25 heavy (non-hydrogen) atoms. The second-order valence-corrected chi connectivity index (χ2v) is 9.97. The summed E-state index contributed by atoms with van der Waals surface area (Å²) in [4.78, 5) is 13.3. The highest BCUT2D eigenvalue weighted by atomic mass is 16.5. The Morgan fingerprint density at radius 1 is 0.960 bits per heavy atom. The Bertz CT molecular complexity index is 701. The summed E-state index contributed by atoms with van der Waals surface area (Å²) in [5.41, 5.74) is 5.33. The molecule has 136 valence electrons. The molecule has 4 rings (SSSR count). The number of hydrogen-bond acceptors (Lipinski definition) is 2. The Morgan fingerprint density at radius 2 is 1.48 bits per heavy atom. The predicted octanol–water partition coefficient (Wildman–Crippen LogP) is 5.48. The van der Waals surface area contributed by atoms with Crippen LogP contribution < -0.4 is 0 Å². The molecule has 1 aliphatic carbocycles. The Balaban J connectivity index is 1.72. The van der Waals surface area contributed by atoms with Gasteiger partial charge in [-0.15, -0.1) is 0 Å². The van der Waals surface area contributed by atoms with Gasteiger partial charge in [0.1, 0.15) is 0 Å². The molecule has 2 atom stereocenters. The minimum Gasteiger partial charge on any atom is -0.375 e. The topological polar surface area (TPSA) is 26.3 Å². The van der Waals surface area contributed by atoms with E-state index in [1.54, 1.807) is 0 Å². The van der Waals surface area contributed by atoms with Crippen LogP contribution in [0.25, 0.3) is 0 Å². The molecule has 2 aliphatic heterocycles. The van der Waals surface area contributed by atoms with Crippen molar-refractivity contribution in [3.8, 4) is 0 Å². The number of Topliss-reactive ketones (excluding diaryl/α,β-unsaturated/α-hetero) is 1. The summed E-state index contributed by atoms with van der Waals surface area (Å²) in [6, 6.07) is 4.57. The first-order chi connectivity index (χ1) is 11.7. The van der Waals surface area contributed by atoms with Gasteiger partial charge in [-0.1, -0.05) is 33.8 Å². The minimum absolute atomic E-state index is 0.155. The van der Waals surface area contributed by atoms with Gasteiger partial charge in [0.15, 0.2) is 5.78 Å². The first-order valence-electron chi connectivity index (χ1n) is 10.0. The summed E-state index contributed by atoms with van der Waals surface area (Å²) in [5.74, 6) is 0.516. The molecule has 2 unspecified atom stereocenters. The third-order valence-electron chi connectivity index (χ3n) is 7.12. The van der Waals surface area contributed by atoms with E-state index in [9.17, 15) is 4.79 Å². The number of aryl methyl sites for hydroxylation is 1. The largest absolute Gasteiger partial charge is 0.375 e. The zero-order chi connectivity index (χ0) is 18.0. The fraction of sp³-hybridized carbons (Fsp3) is 0.696. The predicted molar refractivity (Wildman–Crippen MR) is 101 cm³/mol. The summed E-state index contributed by atoms with van der Waals surface area (Å²) in [6.07, 6.45) is 7.15. The van der Waals surface area contributed by atoms with Crippen LogP contribution in [0.15, 0.2) is 12.1 Å². The van der Waals surface area contributed by atoms with Gasteiger partial charge in [-0.05, 0) is 79.0 Å². The highest BCUT2D eigenvalue weighted by Crippen LogP contribution is 2.47. The second-order valence-electron chi connectivity index (χ2n) is 9.97. The fourth-order valence-corrected chi connectivity index (χ4v) is 5.28. The van der Waals surface area contributed by atoms with Crippen LogP contribution in [0.3, 0.4) is 0 Å². The van der Waals surface area contributed by atoms with E-state index < -0.39 is 0 Å². The van der Waals surface area contributed by atoms with Gasteiger partial charge >= 0.3 is 0 Å². The lowest BCUT2D eigenvalue weighted by molar-refractivity contribution is -0.0149. The highest BCUT2D eigenvalue weighted by molar-refractivity contribution is 5.99. The molecule has 3 aliphatic rings. The molecule has 0 N–H and O–H groups in total. The number of hydrogen-bond donors (Lipinski definition) is 0. The van der Waals surface area contributed by atoms with Crippen molar-refractivity contribution >= 4 is 5.78 Å². The van der Waals surface area contributed by atoms with Gasteiger partial charge in [-0.3, -0.25) is 4.79 Å². The number of ether oxygens (including phenoxy) is 1. The van der Waals surface area contributed by atoms with Crippen LogP contribution in [-0.4, -0.2) is 18.0 Å². The third-order valence-corrected chi connectivity index (χ3v) is 7.12. The van der Waals surface area contributed by atoms with Crippen molar-refractivity contribution in [2.75, 3.05) is 0 Å². The van der Waals surface area contributed by atoms with Gasteiger partial charge in [-0.25, -0.2) is 0 Å². The standard InChI is InChI=1S/C23H32O2/c1-14-10-19-20(23(4,5)9-8-22(19,2)3)13-18(14)21(24)15-11-16-6-7-17(12-15)25-16/h10,13,15-17H,6-9,11-12H2,1-5H3. The number of ketones is 1. The zero-order valence-electron chi connectivity index (χ0n) is 16.4. The van der Waals surface area contributed by atoms with Crippen LogP contribution in [0, 0.1) is 12.8 Å². The molecule has 0 saturated carbocycles. The Hall–Kier alpha value is -1.15. The van der Waals surface area contributed by atoms with Crippen molar-refractivity contribution in [2.45, 2.75) is 96.2 Å². The number of carbonyl (C=O) groups excluding carboxylic acids is 1. The van der Waals surface area contributed by atoms with Gasteiger partial charge in [-0.2, -0.15) is 0 Å². The van der Waals surface area contributed by atoms with E-state index in [0.29, 0.717) is 18.0 Å². The van der Waals surface area contributed by atoms with Crippen LogP contribution in [0.2, 0.25) is 0 Å². The van der Waals surface area contributed by atoms with Gasteiger partial charge < -0.3 is 4.74 Å². The van der Waals surface area contributed by atoms with Crippen molar-refractivity contribution in [3.63, 3.8) is 0 Å². The molecule has 2 heteroatoms. The van der Waals surface area contributed by atoms with Crippen molar-refractivity contribution in [1.82, 2.24) is 0 Å². The van der Waals surface area contributed by atoms with Crippen molar-refractivity contribution < 1.29 is 9.53 Å². The smallest absolute Gasteiger partial charge is 0.166 e. The SMILES string of the molecule is Cc1cc2c(cc1C(=O)C1CC3CCC(C1)O3)C(C)(C)CCC2(C)C. The molecular weight excluding hydrogens is 308 g/mol. The van der Waals surface area contributed by atoms with Crippen LogP contribution in [-0.2, 0) is 15.6 Å². The summed E-state index contributed by atoms with van der Waals surface area (Å²) in [7, 11) is 0.